The lowest BCUT2D eigenvalue weighted by molar-refractivity contribution is -0.148. The molecule has 7 heteroatoms. The van der Waals surface area contributed by atoms with Gasteiger partial charge in [0.15, 0.2) is 6.61 Å². The van der Waals surface area contributed by atoms with E-state index in [1.165, 1.54) is 0 Å². The van der Waals surface area contributed by atoms with Crippen LogP contribution in [0.1, 0.15) is 12.8 Å². The summed E-state index contributed by atoms with van der Waals surface area (Å²) in [6.45, 7) is 9.60. The monoisotopic (exact) mass is 308 g/mol. The van der Waals surface area contributed by atoms with Crippen LogP contribution in [0.15, 0.2) is 12.7 Å². The van der Waals surface area contributed by atoms with Gasteiger partial charge in [0.05, 0.1) is 6.61 Å². The average molecular weight is 308 g/mol. The summed E-state index contributed by atoms with van der Waals surface area (Å²) < 4.78 is 9.51. The van der Waals surface area contributed by atoms with Crippen molar-refractivity contribution in [3.63, 3.8) is 0 Å². The number of hydrogen-bond acceptors (Lipinski definition) is 4. The quantitative estimate of drug-likeness (QED) is 0.0822. The van der Waals surface area contributed by atoms with Crippen LogP contribution in [0.25, 0.3) is 5.53 Å². The van der Waals surface area contributed by atoms with Crippen LogP contribution in [0.3, 0.4) is 0 Å². The zero-order valence-corrected chi connectivity index (χ0v) is 13.6. The highest BCUT2D eigenvalue weighted by Gasteiger charge is 2.33. The summed E-state index contributed by atoms with van der Waals surface area (Å²) in [6, 6.07) is 0. The molecule has 0 spiro atoms. The van der Waals surface area contributed by atoms with Gasteiger partial charge in [-0.15, -0.1) is 12.1 Å². The fraction of sp³-hybridized carbons (Fsp3) is 0.500. The van der Waals surface area contributed by atoms with Gasteiger partial charge in [0, 0.05) is 0 Å². The zero-order chi connectivity index (χ0) is 16.3. The van der Waals surface area contributed by atoms with E-state index in [4.69, 9.17) is 15.0 Å². The SMILES string of the molecule is C=CCCCOC(=O)C(=[N+]=[N-])C(=O)OCC#C[Si](C)(C)C. The maximum atomic E-state index is 11.5. The second kappa shape index (κ2) is 9.70. The lowest BCUT2D eigenvalue weighted by atomic mass is 10.3. The molecule has 0 bridgehead atoms. The van der Waals surface area contributed by atoms with E-state index in [0.717, 1.165) is 0 Å². The number of carbonyl (C=O) groups is 2. The van der Waals surface area contributed by atoms with Crippen LogP contribution in [0.4, 0.5) is 0 Å². The van der Waals surface area contributed by atoms with Crippen LogP contribution in [-0.2, 0) is 19.1 Å². The average Bonchev–Trinajstić information content (AvgIpc) is 2.39. The van der Waals surface area contributed by atoms with Crippen LogP contribution in [0, 0.1) is 11.5 Å². The van der Waals surface area contributed by atoms with Gasteiger partial charge in [0.1, 0.15) is 8.07 Å². The van der Waals surface area contributed by atoms with Crippen LogP contribution in [0.2, 0.25) is 19.6 Å². The third kappa shape index (κ3) is 9.38. The van der Waals surface area contributed by atoms with Crippen LogP contribution in [-0.4, -0.2) is 43.7 Å². The van der Waals surface area contributed by atoms with E-state index >= 15 is 0 Å². The Morgan fingerprint density at radius 3 is 2.43 bits per heavy atom. The van der Waals surface area contributed by atoms with E-state index in [2.05, 4.69) is 22.8 Å². The van der Waals surface area contributed by atoms with Crippen molar-refractivity contribution < 1.29 is 23.9 Å². The summed E-state index contributed by atoms with van der Waals surface area (Å²) >= 11 is 0. The normalized spacial score (nSPS) is 9.67. The first kappa shape index (κ1) is 18.8. The van der Waals surface area contributed by atoms with Crippen molar-refractivity contribution in [3.05, 3.63) is 18.2 Å². The Morgan fingerprint density at radius 2 is 1.90 bits per heavy atom. The van der Waals surface area contributed by atoms with Crippen LogP contribution < -0.4 is 0 Å². The molecule has 0 amide bonds. The highest BCUT2D eigenvalue weighted by molar-refractivity contribution is 6.83. The van der Waals surface area contributed by atoms with Gasteiger partial charge in [-0.1, -0.05) is 31.6 Å². The zero-order valence-electron chi connectivity index (χ0n) is 12.6. The minimum Gasteiger partial charge on any atom is -0.457 e. The molecular weight excluding hydrogens is 288 g/mol. The van der Waals surface area contributed by atoms with Crippen molar-refractivity contribution in [1.82, 2.24) is 0 Å². The maximum Gasteiger partial charge on any atom is 0.482 e. The summed E-state index contributed by atoms with van der Waals surface area (Å²) in [5.41, 5.74) is 10.9. The Kier molecular flexibility index (Phi) is 8.70. The molecule has 0 aromatic rings. The Bertz CT molecular complexity index is 505. The van der Waals surface area contributed by atoms with Gasteiger partial charge in [-0.2, -0.15) is 4.79 Å². The predicted octanol–water partition coefficient (Wildman–Crippen LogP) is 1.59. The smallest absolute Gasteiger partial charge is 0.457 e. The Labute approximate surface area is 125 Å². The topological polar surface area (TPSA) is 89.0 Å². The molecule has 0 fully saturated rings. The molecular formula is C14H20N2O4Si. The molecule has 0 rings (SSSR count). The predicted molar refractivity (Wildman–Crippen MR) is 81.1 cm³/mol. The molecule has 0 aliphatic rings. The molecule has 0 radical (unpaired) electrons. The number of hydrogen-bond donors (Lipinski definition) is 0. The minimum atomic E-state index is -1.54. The van der Waals surface area contributed by atoms with Gasteiger partial charge < -0.3 is 15.0 Å². The molecule has 0 saturated carbocycles. The standard InChI is InChI=1S/C14H20N2O4Si/c1-5-6-7-9-19-13(17)12(16-15)14(18)20-10-8-11-21(2,3)4/h5H,1,6-7,9-10H2,2-4H3. The summed E-state index contributed by atoms with van der Waals surface area (Å²) in [5.74, 6) is 0.620. The van der Waals surface area contributed by atoms with E-state index in [-0.39, 0.29) is 13.2 Å². The molecule has 6 nitrogen and oxygen atoms in total. The molecule has 0 saturated heterocycles. The second-order valence-electron chi connectivity index (χ2n) is 5.14. The Balaban J connectivity index is 4.36. The summed E-state index contributed by atoms with van der Waals surface area (Å²) in [5, 5.41) is 0. The van der Waals surface area contributed by atoms with Gasteiger partial charge in [0.2, 0.25) is 0 Å². The van der Waals surface area contributed by atoms with Gasteiger partial charge >= 0.3 is 17.7 Å². The first-order valence-electron chi connectivity index (χ1n) is 6.49. The van der Waals surface area contributed by atoms with Crippen molar-refractivity contribution >= 4 is 25.7 Å². The van der Waals surface area contributed by atoms with E-state index in [0.29, 0.717) is 12.8 Å². The molecule has 114 valence electrons. The fourth-order valence-electron chi connectivity index (χ4n) is 1.10. The highest BCUT2D eigenvalue weighted by Crippen LogP contribution is 1.96. The first-order chi connectivity index (χ1) is 9.81. The number of ether oxygens (including phenoxy) is 2. The fourth-order valence-corrected chi connectivity index (χ4v) is 1.70. The number of esters is 2. The highest BCUT2D eigenvalue weighted by atomic mass is 28.3. The third-order valence-corrected chi connectivity index (χ3v) is 2.94. The molecule has 0 aromatic carbocycles. The van der Waals surface area contributed by atoms with Crippen molar-refractivity contribution in [2.45, 2.75) is 32.5 Å². The molecule has 0 aromatic heterocycles. The van der Waals surface area contributed by atoms with E-state index in [9.17, 15) is 9.59 Å². The van der Waals surface area contributed by atoms with Crippen molar-refractivity contribution in [1.29, 1.82) is 0 Å². The van der Waals surface area contributed by atoms with Crippen LogP contribution >= 0.6 is 0 Å². The molecule has 0 heterocycles. The molecule has 0 aliphatic carbocycles. The van der Waals surface area contributed by atoms with Crippen molar-refractivity contribution in [3.8, 4) is 11.5 Å². The first-order valence-corrected chi connectivity index (χ1v) is 9.99. The lowest BCUT2D eigenvalue weighted by Crippen LogP contribution is -2.29. The van der Waals surface area contributed by atoms with Crippen LogP contribution in [0.5, 0.6) is 0 Å². The minimum absolute atomic E-state index is 0.104. The lowest BCUT2D eigenvalue weighted by Gasteiger charge is -2.03. The molecule has 21 heavy (non-hydrogen) atoms. The summed E-state index contributed by atoms with van der Waals surface area (Å²) in [7, 11) is -1.54. The number of rotatable bonds is 7. The number of nitrogens with zero attached hydrogens (tertiary/aromatic N) is 2. The van der Waals surface area contributed by atoms with E-state index < -0.39 is 25.7 Å². The van der Waals surface area contributed by atoms with Crippen molar-refractivity contribution in [2.75, 3.05) is 13.2 Å². The molecule has 0 unspecified atom stereocenters. The van der Waals surface area contributed by atoms with Gasteiger partial charge in [-0.05, 0) is 12.8 Å². The van der Waals surface area contributed by atoms with Crippen molar-refractivity contribution in [2.24, 2.45) is 0 Å². The second-order valence-corrected chi connectivity index (χ2v) is 9.89. The largest absolute Gasteiger partial charge is 0.482 e. The third-order valence-electron chi connectivity index (χ3n) is 2.01. The van der Waals surface area contributed by atoms with E-state index in [1.54, 1.807) is 6.08 Å². The number of allylic oxidation sites excluding steroid dienone is 1. The van der Waals surface area contributed by atoms with E-state index in [1.807, 2.05) is 19.6 Å². The Morgan fingerprint density at radius 1 is 1.29 bits per heavy atom. The number of carbonyl (C=O) groups excluding carboxylic acids is 2. The van der Waals surface area contributed by atoms with Gasteiger partial charge in [0.25, 0.3) is 0 Å². The van der Waals surface area contributed by atoms with Gasteiger partial charge in [-0.25, -0.2) is 9.59 Å². The molecule has 0 N–H and O–H groups in total. The molecule has 0 atom stereocenters. The maximum absolute atomic E-state index is 11.5. The molecule has 0 aliphatic heterocycles. The van der Waals surface area contributed by atoms with Gasteiger partial charge in [-0.3, -0.25) is 0 Å². The summed E-state index contributed by atoms with van der Waals surface area (Å²) in [6.07, 6.45) is 2.93. The number of unbranched alkanes of at least 4 members (excludes halogenated alkanes) is 1. The summed E-state index contributed by atoms with van der Waals surface area (Å²) in [4.78, 5) is 25.7. The Hall–Kier alpha value is -2.16.